The number of carbonyl (C=O) groups is 2. The number of hydrogen-bond acceptors (Lipinski definition) is 3. The zero-order chi connectivity index (χ0) is 27.9. The lowest BCUT2D eigenvalue weighted by atomic mass is 10.0. The Labute approximate surface area is 242 Å². The van der Waals surface area contributed by atoms with Gasteiger partial charge in [0.2, 0.25) is 5.91 Å². The lowest BCUT2D eigenvalue weighted by molar-refractivity contribution is -0.143. The van der Waals surface area contributed by atoms with Gasteiger partial charge in [-0.15, -0.1) is 0 Å². The molecule has 1 saturated carbocycles. The first-order chi connectivity index (χ1) is 19.5. The SMILES string of the molecule is O=C(NC1CCCC1)C(Cc1ccccc1)N(Cc1ccc(F)cc1)C(=O)COc1ccc2ccccc2c1Br. The monoisotopic (exact) mass is 602 g/mol. The molecule has 0 saturated heterocycles. The molecule has 0 bridgehead atoms. The van der Waals surface area contributed by atoms with Gasteiger partial charge in [-0.1, -0.05) is 85.6 Å². The minimum atomic E-state index is -0.760. The molecule has 0 radical (unpaired) electrons. The van der Waals surface area contributed by atoms with Crippen LogP contribution in [0.5, 0.6) is 5.75 Å². The van der Waals surface area contributed by atoms with E-state index < -0.39 is 6.04 Å². The maximum Gasteiger partial charge on any atom is 0.261 e. The highest BCUT2D eigenvalue weighted by Crippen LogP contribution is 2.33. The van der Waals surface area contributed by atoms with Crippen molar-refractivity contribution in [2.45, 2.75) is 50.7 Å². The van der Waals surface area contributed by atoms with E-state index in [4.69, 9.17) is 4.74 Å². The van der Waals surface area contributed by atoms with Crippen molar-refractivity contribution >= 4 is 38.5 Å². The van der Waals surface area contributed by atoms with E-state index in [2.05, 4.69) is 21.2 Å². The number of rotatable bonds is 10. The van der Waals surface area contributed by atoms with Gasteiger partial charge in [-0.2, -0.15) is 0 Å². The Morgan fingerprint density at radius 2 is 1.60 bits per heavy atom. The van der Waals surface area contributed by atoms with Crippen molar-refractivity contribution in [3.8, 4) is 5.75 Å². The largest absolute Gasteiger partial charge is 0.483 e. The molecule has 7 heteroatoms. The third kappa shape index (κ3) is 6.89. The molecule has 1 aliphatic rings. The summed E-state index contributed by atoms with van der Waals surface area (Å²) in [5, 5.41) is 5.22. The third-order valence-corrected chi connectivity index (χ3v) is 8.24. The summed E-state index contributed by atoms with van der Waals surface area (Å²) in [5.41, 5.74) is 1.68. The van der Waals surface area contributed by atoms with E-state index in [0.29, 0.717) is 12.2 Å². The summed E-state index contributed by atoms with van der Waals surface area (Å²) in [6.07, 6.45) is 4.40. The first-order valence-corrected chi connectivity index (χ1v) is 14.5. The zero-order valence-corrected chi connectivity index (χ0v) is 23.8. The highest BCUT2D eigenvalue weighted by Gasteiger charge is 2.32. The van der Waals surface area contributed by atoms with Gasteiger partial charge in [0, 0.05) is 19.0 Å². The maximum atomic E-state index is 13.9. The fraction of sp³-hybridized carbons (Fsp3) is 0.273. The first-order valence-electron chi connectivity index (χ1n) is 13.7. The summed E-state index contributed by atoms with van der Waals surface area (Å²) >= 11 is 3.63. The molecule has 0 spiro atoms. The number of ether oxygens (including phenoxy) is 1. The average molecular weight is 604 g/mol. The van der Waals surface area contributed by atoms with Crippen LogP contribution in [0.25, 0.3) is 10.8 Å². The number of fused-ring (bicyclic) bond motifs is 1. The Kier molecular flexibility index (Phi) is 9.12. The van der Waals surface area contributed by atoms with Crippen LogP contribution < -0.4 is 10.1 Å². The Morgan fingerprint density at radius 1 is 0.900 bits per heavy atom. The average Bonchev–Trinajstić information content (AvgIpc) is 3.49. The molecular weight excluding hydrogens is 571 g/mol. The standard InChI is InChI=1S/C33H32BrFN2O3/c34-32-28-13-7-4-10-25(28)16-19-30(32)40-22-31(38)37(21-24-14-17-26(35)18-15-24)29(20-23-8-2-1-3-9-23)33(39)36-27-11-5-6-12-27/h1-4,7-10,13-19,27,29H,5-6,11-12,20-22H2,(H,36,39). The van der Waals surface area contributed by atoms with Crippen LogP contribution in [0, 0.1) is 5.82 Å². The smallest absolute Gasteiger partial charge is 0.261 e. The van der Waals surface area contributed by atoms with Crippen LogP contribution in [0.4, 0.5) is 4.39 Å². The van der Waals surface area contributed by atoms with Gasteiger partial charge in [-0.05, 0) is 68.9 Å². The fourth-order valence-electron chi connectivity index (χ4n) is 5.26. The van der Waals surface area contributed by atoms with Gasteiger partial charge >= 0.3 is 0 Å². The van der Waals surface area contributed by atoms with Crippen molar-refractivity contribution in [3.63, 3.8) is 0 Å². The number of carbonyl (C=O) groups excluding carboxylic acids is 2. The quantitative estimate of drug-likeness (QED) is 0.217. The summed E-state index contributed by atoms with van der Waals surface area (Å²) in [6.45, 7) is -0.100. The molecule has 206 valence electrons. The topological polar surface area (TPSA) is 58.6 Å². The van der Waals surface area contributed by atoms with E-state index in [1.54, 1.807) is 17.0 Å². The predicted octanol–water partition coefficient (Wildman–Crippen LogP) is 6.82. The number of benzene rings is 4. The molecule has 2 amide bonds. The maximum absolute atomic E-state index is 13.9. The molecule has 1 atom stereocenters. The number of hydrogen-bond donors (Lipinski definition) is 1. The molecular formula is C33H32BrFN2O3. The number of halogens is 2. The minimum absolute atomic E-state index is 0.110. The zero-order valence-electron chi connectivity index (χ0n) is 22.2. The molecule has 4 aromatic carbocycles. The van der Waals surface area contributed by atoms with Crippen LogP contribution in [-0.2, 0) is 22.6 Å². The Balaban J connectivity index is 1.43. The Hall–Kier alpha value is -3.71. The molecule has 0 heterocycles. The van der Waals surface area contributed by atoms with E-state index in [1.165, 1.54) is 12.1 Å². The van der Waals surface area contributed by atoms with Crippen LogP contribution in [0.15, 0.2) is 95.5 Å². The van der Waals surface area contributed by atoms with Crippen molar-refractivity contribution in [2.24, 2.45) is 0 Å². The van der Waals surface area contributed by atoms with Crippen LogP contribution in [0.3, 0.4) is 0 Å². The highest BCUT2D eigenvalue weighted by molar-refractivity contribution is 9.10. The Bertz CT molecular complexity index is 1460. The van der Waals surface area contributed by atoms with Crippen molar-refractivity contribution in [3.05, 3.63) is 112 Å². The highest BCUT2D eigenvalue weighted by atomic mass is 79.9. The lowest BCUT2D eigenvalue weighted by Crippen LogP contribution is -2.53. The molecule has 0 aliphatic heterocycles. The lowest BCUT2D eigenvalue weighted by Gasteiger charge is -2.32. The van der Waals surface area contributed by atoms with E-state index in [-0.39, 0.29) is 36.8 Å². The van der Waals surface area contributed by atoms with Crippen molar-refractivity contribution in [1.82, 2.24) is 10.2 Å². The summed E-state index contributed by atoms with van der Waals surface area (Å²) in [6, 6.07) is 26.7. The molecule has 0 aromatic heterocycles. The van der Waals surface area contributed by atoms with Crippen molar-refractivity contribution in [2.75, 3.05) is 6.61 Å². The molecule has 5 nitrogen and oxygen atoms in total. The van der Waals surface area contributed by atoms with Gasteiger partial charge in [-0.3, -0.25) is 9.59 Å². The second kappa shape index (κ2) is 13.1. The van der Waals surface area contributed by atoms with Gasteiger partial charge in [0.1, 0.15) is 17.6 Å². The molecule has 1 unspecified atom stereocenters. The normalized spacial score (nSPS) is 14.2. The van der Waals surface area contributed by atoms with E-state index in [1.807, 2.05) is 66.7 Å². The van der Waals surface area contributed by atoms with E-state index in [9.17, 15) is 14.0 Å². The van der Waals surface area contributed by atoms with E-state index in [0.717, 1.165) is 52.1 Å². The first kappa shape index (κ1) is 27.8. The molecule has 1 aliphatic carbocycles. The summed E-state index contributed by atoms with van der Waals surface area (Å²) in [5.74, 6) is -0.320. The van der Waals surface area contributed by atoms with Crippen molar-refractivity contribution in [1.29, 1.82) is 0 Å². The van der Waals surface area contributed by atoms with Gasteiger partial charge in [0.05, 0.1) is 4.47 Å². The van der Waals surface area contributed by atoms with Gasteiger partial charge in [0.15, 0.2) is 6.61 Å². The summed E-state index contributed by atoms with van der Waals surface area (Å²) in [7, 11) is 0. The van der Waals surface area contributed by atoms with Gasteiger partial charge in [-0.25, -0.2) is 4.39 Å². The van der Waals surface area contributed by atoms with Crippen LogP contribution in [0.1, 0.15) is 36.8 Å². The van der Waals surface area contributed by atoms with Crippen LogP contribution in [-0.4, -0.2) is 35.4 Å². The Morgan fingerprint density at radius 3 is 2.35 bits per heavy atom. The van der Waals surface area contributed by atoms with Gasteiger partial charge in [0.25, 0.3) is 5.91 Å². The van der Waals surface area contributed by atoms with Crippen molar-refractivity contribution < 1.29 is 18.7 Å². The minimum Gasteiger partial charge on any atom is -0.483 e. The predicted molar refractivity (Wildman–Crippen MR) is 158 cm³/mol. The molecule has 4 aromatic rings. The van der Waals surface area contributed by atoms with E-state index >= 15 is 0 Å². The number of nitrogens with one attached hydrogen (secondary N) is 1. The summed E-state index contributed by atoms with van der Waals surface area (Å²) in [4.78, 5) is 29.2. The molecule has 1 N–H and O–H groups in total. The molecule has 5 rings (SSSR count). The van der Waals surface area contributed by atoms with Crippen LogP contribution >= 0.6 is 15.9 Å². The van der Waals surface area contributed by atoms with Crippen LogP contribution in [0.2, 0.25) is 0 Å². The second-order valence-electron chi connectivity index (χ2n) is 10.2. The molecule has 1 fully saturated rings. The summed E-state index contributed by atoms with van der Waals surface area (Å²) < 4.78 is 20.5. The van der Waals surface area contributed by atoms with Gasteiger partial charge < -0.3 is 15.0 Å². The number of amides is 2. The third-order valence-electron chi connectivity index (χ3n) is 7.42. The molecule has 40 heavy (non-hydrogen) atoms. The fourth-order valence-corrected chi connectivity index (χ4v) is 5.86. The second-order valence-corrected chi connectivity index (χ2v) is 11.0. The number of nitrogens with zero attached hydrogens (tertiary/aromatic N) is 1.